The van der Waals surface area contributed by atoms with Gasteiger partial charge in [-0.1, -0.05) is 6.92 Å². The molecule has 1 aliphatic rings. The van der Waals surface area contributed by atoms with E-state index in [0.29, 0.717) is 38.2 Å². The van der Waals surface area contributed by atoms with Crippen LogP contribution >= 0.6 is 0 Å². The van der Waals surface area contributed by atoms with E-state index in [4.69, 9.17) is 4.74 Å². The number of rotatable bonds is 8. The zero-order chi connectivity index (χ0) is 21.9. The maximum atomic E-state index is 14.5. The summed E-state index contributed by atoms with van der Waals surface area (Å²) in [5, 5.41) is 7.54. The van der Waals surface area contributed by atoms with E-state index in [-0.39, 0.29) is 29.2 Å². The first kappa shape index (κ1) is 22.1. The second-order valence-corrected chi connectivity index (χ2v) is 8.59. The minimum atomic E-state index is -0.430. The van der Waals surface area contributed by atoms with Gasteiger partial charge >= 0.3 is 0 Å². The van der Waals surface area contributed by atoms with Gasteiger partial charge in [-0.15, -0.1) is 0 Å². The summed E-state index contributed by atoms with van der Waals surface area (Å²) >= 11 is 0. The van der Waals surface area contributed by atoms with E-state index >= 15 is 0 Å². The molecule has 0 bridgehead atoms. The molecule has 1 amide bonds. The Labute approximate surface area is 176 Å². The number of hydrogen-bond acceptors (Lipinski definition) is 6. The van der Waals surface area contributed by atoms with Crippen molar-refractivity contribution in [3.05, 3.63) is 35.8 Å². The molecule has 0 saturated carbocycles. The van der Waals surface area contributed by atoms with E-state index in [0.717, 1.165) is 5.56 Å². The predicted octanol–water partition coefficient (Wildman–Crippen LogP) is 2.82. The van der Waals surface area contributed by atoms with Gasteiger partial charge in [0.15, 0.2) is 11.6 Å². The Hall–Kier alpha value is -2.55. The molecule has 1 aliphatic heterocycles. The minimum Gasteiger partial charge on any atom is -0.383 e. The molecule has 2 aromatic rings. The number of likely N-dealkylation sites (tertiary alicyclic amines) is 1. The quantitative estimate of drug-likeness (QED) is 0.710. The number of amides is 1. The number of ether oxygens (including phenoxy) is 1. The van der Waals surface area contributed by atoms with Crippen LogP contribution in [0.25, 0.3) is 0 Å². The molecular weight excluding hydrogens is 387 g/mol. The number of carbonyl (C=O) groups excluding carboxylic acids is 1. The molecule has 9 heteroatoms. The van der Waals surface area contributed by atoms with Crippen molar-refractivity contribution in [1.29, 1.82) is 0 Å². The number of aryl methyl sites for hydroxylation is 1. The molecule has 2 atom stereocenters. The SMILES string of the molecule is CCc1ncnc(NC[C@@H]2CC(=O)N(C(C)(C)C)[C@H]2c2cnn(CCOC)c2)c1F. The number of aromatic nitrogens is 4. The maximum absolute atomic E-state index is 14.5. The van der Waals surface area contributed by atoms with Gasteiger partial charge in [0.1, 0.15) is 6.33 Å². The molecule has 3 rings (SSSR count). The second kappa shape index (κ2) is 9.07. The Balaban J connectivity index is 1.85. The highest BCUT2D eigenvalue weighted by Gasteiger charge is 2.45. The fraction of sp³-hybridized carbons (Fsp3) is 0.619. The van der Waals surface area contributed by atoms with Crippen LogP contribution in [-0.4, -0.2) is 56.4 Å². The summed E-state index contributed by atoms with van der Waals surface area (Å²) in [5.41, 5.74) is 0.999. The maximum Gasteiger partial charge on any atom is 0.223 e. The molecule has 1 N–H and O–H groups in total. The van der Waals surface area contributed by atoms with Crippen LogP contribution in [0.3, 0.4) is 0 Å². The zero-order valence-corrected chi connectivity index (χ0v) is 18.4. The third-order valence-electron chi connectivity index (χ3n) is 5.40. The van der Waals surface area contributed by atoms with E-state index in [1.807, 2.05) is 49.7 Å². The van der Waals surface area contributed by atoms with Gasteiger partial charge in [-0.25, -0.2) is 14.4 Å². The van der Waals surface area contributed by atoms with Crippen LogP contribution in [0, 0.1) is 11.7 Å². The van der Waals surface area contributed by atoms with Crippen molar-refractivity contribution in [3.8, 4) is 0 Å². The van der Waals surface area contributed by atoms with Crippen molar-refractivity contribution in [1.82, 2.24) is 24.6 Å². The first-order chi connectivity index (χ1) is 14.3. The lowest BCUT2D eigenvalue weighted by molar-refractivity contribution is -0.133. The van der Waals surface area contributed by atoms with Crippen molar-refractivity contribution in [2.45, 2.75) is 58.7 Å². The van der Waals surface area contributed by atoms with E-state index in [9.17, 15) is 9.18 Å². The van der Waals surface area contributed by atoms with E-state index in [1.54, 1.807) is 7.11 Å². The summed E-state index contributed by atoms with van der Waals surface area (Å²) in [6.45, 7) is 9.56. The molecule has 3 heterocycles. The summed E-state index contributed by atoms with van der Waals surface area (Å²) in [4.78, 5) is 22.9. The fourth-order valence-electron chi connectivity index (χ4n) is 4.04. The first-order valence-corrected chi connectivity index (χ1v) is 10.3. The molecular formula is C21H31FN6O2. The smallest absolute Gasteiger partial charge is 0.223 e. The highest BCUT2D eigenvalue weighted by atomic mass is 19.1. The van der Waals surface area contributed by atoms with Gasteiger partial charge in [-0.3, -0.25) is 9.48 Å². The van der Waals surface area contributed by atoms with Gasteiger partial charge in [0, 0.05) is 43.3 Å². The van der Waals surface area contributed by atoms with Crippen molar-refractivity contribution >= 4 is 11.7 Å². The molecule has 8 nitrogen and oxygen atoms in total. The Bertz CT molecular complexity index is 879. The summed E-state index contributed by atoms with van der Waals surface area (Å²) < 4.78 is 21.5. The van der Waals surface area contributed by atoms with Crippen LogP contribution in [0.5, 0.6) is 0 Å². The summed E-state index contributed by atoms with van der Waals surface area (Å²) in [5.74, 6) is -0.212. The third kappa shape index (κ3) is 4.61. The van der Waals surface area contributed by atoms with Gasteiger partial charge < -0.3 is 15.0 Å². The van der Waals surface area contributed by atoms with Crippen LogP contribution in [0.15, 0.2) is 18.7 Å². The lowest BCUT2D eigenvalue weighted by Gasteiger charge is -2.38. The Morgan fingerprint density at radius 1 is 1.33 bits per heavy atom. The molecule has 2 aromatic heterocycles. The fourth-order valence-corrected chi connectivity index (χ4v) is 4.04. The van der Waals surface area contributed by atoms with Gasteiger partial charge in [-0.05, 0) is 27.2 Å². The highest BCUT2D eigenvalue weighted by Crippen LogP contribution is 2.42. The molecule has 0 aromatic carbocycles. The van der Waals surface area contributed by atoms with E-state index in [2.05, 4.69) is 20.4 Å². The largest absolute Gasteiger partial charge is 0.383 e. The summed E-state index contributed by atoms with van der Waals surface area (Å²) in [7, 11) is 1.65. The Morgan fingerprint density at radius 2 is 2.10 bits per heavy atom. The lowest BCUT2D eigenvalue weighted by Crippen LogP contribution is -2.44. The number of halogens is 1. The van der Waals surface area contributed by atoms with Gasteiger partial charge in [0.2, 0.25) is 5.91 Å². The van der Waals surface area contributed by atoms with Gasteiger partial charge in [0.05, 0.1) is 31.1 Å². The lowest BCUT2D eigenvalue weighted by atomic mass is 9.93. The number of hydrogen-bond donors (Lipinski definition) is 1. The predicted molar refractivity (Wildman–Crippen MR) is 111 cm³/mol. The normalized spacial score (nSPS) is 19.5. The summed E-state index contributed by atoms with van der Waals surface area (Å²) in [6, 6.07) is -0.156. The van der Waals surface area contributed by atoms with Crippen LogP contribution in [0.4, 0.5) is 10.2 Å². The molecule has 1 saturated heterocycles. The van der Waals surface area contributed by atoms with Crippen LogP contribution in [0.1, 0.15) is 51.4 Å². The molecule has 30 heavy (non-hydrogen) atoms. The molecule has 1 fully saturated rings. The molecule has 0 spiro atoms. The van der Waals surface area contributed by atoms with Crippen LogP contribution in [0.2, 0.25) is 0 Å². The monoisotopic (exact) mass is 418 g/mol. The standard InChI is InChI=1S/C21H31FN6O2/c1-6-16-18(22)20(25-13-24-16)23-10-14-9-17(29)28(21(2,3)4)19(14)15-11-26-27(12-15)7-8-30-5/h11-14,19H,6-10H2,1-5H3,(H,23,24,25)/t14-,19+/m0/s1. The average Bonchev–Trinajstić information content (AvgIpc) is 3.29. The minimum absolute atomic E-state index is 0.0451. The number of methoxy groups -OCH3 is 1. The van der Waals surface area contributed by atoms with E-state index in [1.165, 1.54) is 6.33 Å². The van der Waals surface area contributed by atoms with Crippen LogP contribution in [-0.2, 0) is 22.5 Å². The highest BCUT2D eigenvalue weighted by molar-refractivity contribution is 5.80. The van der Waals surface area contributed by atoms with Crippen LogP contribution < -0.4 is 5.32 Å². The average molecular weight is 419 g/mol. The third-order valence-corrected chi connectivity index (χ3v) is 5.40. The van der Waals surface area contributed by atoms with Gasteiger partial charge in [0.25, 0.3) is 0 Å². The molecule has 0 aliphatic carbocycles. The first-order valence-electron chi connectivity index (χ1n) is 10.3. The van der Waals surface area contributed by atoms with Gasteiger partial charge in [-0.2, -0.15) is 5.10 Å². The molecule has 164 valence electrons. The van der Waals surface area contributed by atoms with Crippen molar-refractivity contribution in [2.24, 2.45) is 5.92 Å². The van der Waals surface area contributed by atoms with Crippen molar-refractivity contribution in [2.75, 3.05) is 25.6 Å². The number of nitrogens with zero attached hydrogens (tertiary/aromatic N) is 5. The number of nitrogens with one attached hydrogen (secondary N) is 1. The summed E-state index contributed by atoms with van der Waals surface area (Å²) in [6.07, 6.45) is 6.01. The van der Waals surface area contributed by atoms with E-state index < -0.39 is 5.82 Å². The Kier molecular flexibility index (Phi) is 6.70. The second-order valence-electron chi connectivity index (χ2n) is 8.59. The number of carbonyl (C=O) groups is 1. The van der Waals surface area contributed by atoms with Crippen molar-refractivity contribution < 1.29 is 13.9 Å². The molecule has 0 unspecified atom stereocenters. The molecule has 0 radical (unpaired) electrons. The zero-order valence-electron chi connectivity index (χ0n) is 18.4. The Morgan fingerprint density at radius 3 is 2.77 bits per heavy atom. The number of anilines is 1. The topological polar surface area (TPSA) is 85.2 Å². The van der Waals surface area contributed by atoms with Crippen molar-refractivity contribution in [3.63, 3.8) is 0 Å².